The molecule has 2 N–H and O–H groups in total. The fourth-order valence-corrected chi connectivity index (χ4v) is 2.01. The molecule has 0 aliphatic carbocycles. The third-order valence-electron chi connectivity index (χ3n) is 2.56. The summed E-state index contributed by atoms with van der Waals surface area (Å²) >= 11 is 5.04. The summed E-state index contributed by atoms with van der Waals surface area (Å²) in [4.78, 5) is 17.7. The highest BCUT2D eigenvalue weighted by molar-refractivity contribution is 7.80. The minimum absolute atomic E-state index is 0.134. The summed E-state index contributed by atoms with van der Waals surface area (Å²) in [5.41, 5.74) is 8.81. The van der Waals surface area contributed by atoms with Crippen LogP contribution in [0.3, 0.4) is 0 Å². The van der Waals surface area contributed by atoms with Crippen LogP contribution in [0.5, 0.6) is 0 Å². The van der Waals surface area contributed by atoms with Crippen LogP contribution in [0.15, 0.2) is 6.07 Å². The van der Waals surface area contributed by atoms with E-state index in [4.69, 9.17) is 18.0 Å². The molecular formula is C12H17N3O2S. The number of anilines is 1. The van der Waals surface area contributed by atoms with Gasteiger partial charge in [0.25, 0.3) is 0 Å². The first-order valence-electron chi connectivity index (χ1n) is 5.42. The van der Waals surface area contributed by atoms with Crippen LogP contribution >= 0.6 is 12.2 Å². The van der Waals surface area contributed by atoms with E-state index in [0.717, 1.165) is 17.1 Å². The molecule has 1 aromatic rings. The normalized spacial score (nSPS) is 10.0. The van der Waals surface area contributed by atoms with Gasteiger partial charge in [-0.25, -0.2) is 0 Å². The number of nitrogens with zero attached hydrogens (tertiary/aromatic N) is 2. The van der Waals surface area contributed by atoms with Crippen LogP contribution in [0.4, 0.5) is 5.69 Å². The molecule has 0 radical (unpaired) electrons. The van der Waals surface area contributed by atoms with Gasteiger partial charge in [0.05, 0.1) is 18.4 Å². The SMILES string of the molecule is COC(=O)CN(C)c1cc(C)nc(C)c1C(N)=S. The number of carbonyl (C=O) groups is 1. The summed E-state index contributed by atoms with van der Waals surface area (Å²) in [5, 5.41) is 0. The number of ether oxygens (including phenoxy) is 1. The Labute approximate surface area is 112 Å². The lowest BCUT2D eigenvalue weighted by atomic mass is 10.1. The lowest BCUT2D eigenvalue weighted by molar-refractivity contribution is -0.138. The zero-order valence-electron chi connectivity index (χ0n) is 11.0. The van der Waals surface area contributed by atoms with Gasteiger partial charge in [-0.1, -0.05) is 12.2 Å². The van der Waals surface area contributed by atoms with Crippen LogP contribution in [-0.4, -0.2) is 36.6 Å². The lowest BCUT2D eigenvalue weighted by Crippen LogP contribution is -2.29. The smallest absolute Gasteiger partial charge is 0.325 e. The number of aromatic nitrogens is 1. The van der Waals surface area contributed by atoms with E-state index in [9.17, 15) is 4.79 Å². The zero-order chi connectivity index (χ0) is 13.9. The molecule has 0 unspecified atom stereocenters. The van der Waals surface area contributed by atoms with Crippen molar-refractivity contribution in [1.29, 1.82) is 0 Å². The molecule has 1 rings (SSSR count). The molecule has 0 aliphatic heterocycles. The Bertz CT molecular complexity index is 488. The molecule has 1 aromatic heterocycles. The Kier molecular flexibility index (Phi) is 4.61. The molecule has 0 saturated carbocycles. The number of hydrogen-bond donors (Lipinski definition) is 1. The van der Waals surface area contributed by atoms with Gasteiger partial charge in [0.2, 0.25) is 0 Å². The molecular weight excluding hydrogens is 250 g/mol. The van der Waals surface area contributed by atoms with Crippen molar-refractivity contribution in [2.75, 3.05) is 25.6 Å². The third kappa shape index (κ3) is 3.16. The lowest BCUT2D eigenvalue weighted by Gasteiger charge is -2.22. The largest absolute Gasteiger partial charge is 0.468 e. The Morgan fingerprint density at radius 1 is 1.56 bits per heavy atom. The van der Waals surface area contributed by atoms with Crippen molar-refractivity contribution in [2.45, 2.75) is 13.8 Å². The number of hydrogen-bond acceptors (Lipinski definition) is 5. The van der Waals surface area contributed by atoms with E-state index in [1.54, 1.807) is 11.9 Å². The molecule has 0 aromatic carbocycles. The Morgan fingerprint density at radius 2 is 2.17 bits per heavy atom. The van der Waals surface area contributed by atoms with E-state index in [0.29, 0.717) is 5.56 Å². The van der Waals surface area contributed by atoms with Crippen LogP contribution in [0.2, 0.25) is 0 Å². The molecule has 6 heteroatoms. The fraction of sp³-hybridized carbons (Fsp3) is 0.417. The molecule has 18 heavy (non-hydrogen) atoms. The van der Waals surface area contributed by atoms with E-state index < -0.39 is 0 Å². The minimum atomic E-state index is -0.321. The van der Waals surface area contributed by atoms with Gasteiger partial charge < -0.3 is 15.4 Å². The highest BCUT2D eigenvalue weighted by Crippen LogP contribution is 2.23. The van der Waals surface area contributed by atoms with Crippen LogP contribution in [0, 0.1) is 13.8 Å². The molecule has 0 saturated heterocycles. The van der Waals surface area contributed by atoms with Crippen LogP contribution in [-0.2, 0) is 9.53 Å². The summed E-state index contributed by atoms with van der Waals surface area (Å²) in [5.74, 6) is -0.321. The van der Waals surface area contributed by atoms with Crippen LogP contribution in [0.1, 0.15) is 17.0 Å². The number of likely N-dealkylation sites (N-methyl/N-ethyl adjacent to an activating group) is 1. The van der Waals surface area contributed by atoms with E-state index >= 15 is 0 Å². The maximum absolute atomic E-state index is 11.3. The molecule has 0 spiro atoms. The van der Waals surface area contributed by atoms with Crippen molar-refractivity contribution in [3.05, 3.63) is 23.0 Å². The number of carbonyl (C=O) groups excluding carboxylic acids is 1. The predicted molar refractivity (Wildman–Crippen MR) is 74.9 cm³/mol. The van der Waals surface area contributed by atoms with Crippen molar-refractivity contribution in [3.63, 3.8) is 0 Å². The first kappa shape index (κ1) is 14.4. The van der Waals surface area contributed by atoms with Crippen molar-refractivity contribution in [2.24, 2.45) is 5.73 Å². The van der Waals surface area contributed by atoms with Gasteiger partial charge >= 0.3 is 5.97 Å². The zero-order valence-corrected chi connectivity index (χ0v) is 11.8. The fourth-order valence-electron chi connectivity index (χ4n) is 1.76. The highest BCUT2D eigenvalue weighted by atomic mass is 32.1. The van der Waals surface area contributed by atoms with Gasteiger partial charge in [-0.05, 0) is 19.9 Å². The number of pyridine rings is 1. The summed E-state index contributed by atoms with van der Waals surface area (Å²) in [7, 11) is 3.14. The highest BCUT2D eigenvalue weighted by Gasteiger charge is 2.16. The summed E-state index contributed by atoms with van der Waals surface area (Å²) in [6.07, 6.45) is 0. The van der Waals surface area contributed by atoms with Gasteiger partial charge in [0.15, 0.2) is 0 Å². The third-order valence-corrected chi connectivity index (χ3v) is 2.76. The van der Waals surface area contributed by atoms with Crippen LogP contribution in [0.25, 0.3) is 0 Å². The minimum Gasteiger partial charge on any atom is -0.468 e. The Morgan fingerprint density at radius 3 is 2.67 bits per heavy atom. The monoisotopic (exact) mass is 267 g/mol. The molecule has 1 heterocycles. The molecule has 0 aliphatic rings. The number of nitrogens with two attached hydrogens (primary N) is 1. The molecule has 0 bridgehead atoms. The second kappa shape index (κ2) is 5.77. The Hall–Kier alpha value is -1.69. The summed E-state index contributed by atoms with van der Waals surface area (Å²) in [6, 6.07) is 1.85. The van der Waals surface area contributed by atoms with Gasteiger partial charge in [0.1, 0.15) is 11.5 Å². The van der Waals surface area contributed by atoms with E-state index in [1.165, 1.54) is 7.11 Å². The van der Waals surface area contributed by atoms with Gasteiger partial charge in [-0.15, -0.1) is 0 Å². The van der Waals surface area contributed by atoms with Gasteiger partial charge in [0, 0.05) is 18.4 Å². The quantitative estimate of drug-likeness (QED) is 0.647. The number of esters is 1. The first-order valence-corrected chi connectivity index (χ1v) is 5.83. The van der Waals surface area contributed by atoms with Crippen LogP contribution < -0.4 is 10.6 Å². The van der Waals surface area contributed by atoms with E-state index in [2.05, 4.69) is 9.72 Å². The number of aryl methyl sites for hydroxylation is 2. The van der Waals surface area contributed by atoms with E-state index in [1.807, 2.05) is 19.9 Å². The molecule has 0 atom stereocenters. The first-order chi connectivity index (χ1) is 8.36. The topological polar surface area (TPSA) is 68.5 Å². The number of thiocarbonyl (C=S) groups is 1. The average molecular weight is 267 g/mol. The number of rotatable bonds is 4. The van der Waals surface area contributed by atoms with Crippen molar-refractivity contribution in [1.82, 2.24) is 4.98 Å². The van der Waals surface area contributed by atoms with E-state index in [-0.39, 0.29) is 17.5 Å². The predicted octanol–water partition coefficient (Wildman–Crippen LogP) is 0.942. The summed E-state index contributed by atoms with van der Waals surface area (Å²) < 4.78 is 4.64. The average Bonchev–Trinajstić information content (AvgIpc) is 2.26. The maximum atomic E-state index is 11.3. The standard InChI is InChI=1S/C12H17N3O2S/c1-7-5-9(15(3)6-10(16)17-4)11(12(13)18)8(2)14-7/h5H,6H2,1-4H3,(H2,13,18). The molecule has 0 fully saturated rings. The molecule has 98 valence electrons. The van der Waals surface area contributed by atoms with Gasteiger partial charge in [-0.2, -0.15) is 0 Å². The second-order valence-corrected chi connectivity index (χ2v) is 4.48. The molecule has 0 amide bonds. The Balaban J connectivity index is 3.21. The van der Waals surface area contributed by atoms with Crippen molar-refractivity contribution >= 4 is 28.9 Å². The second-order valence-electron chi connectivity index (χ2n) is 4.04. The summed E-state index contributed by atoms with van der Waals surface area (Å²) in [6.45, 7) is 3.86. The molecule has 5 nitrogen and oxygen atoms in total. The number of methoxy groups -OCH3 is 1. The van der Waals surface area contributed by atoms with Crippen molar-refractivity contribution in [3.8, 4) is 0 Å². The van der Waals surface area contributed by atoms with Crippen molar-refractivity contribution < 1.29 is 9.53 Å². The maximum Gasteiger partial charge on any atom is 0.325 e. The van der Waals surface area contributed by atoms with Gasteiger partial charge in [-0.3, -0.25) is 9.78 Å².